The van der Waals surface area contributed by atoms with Gasteiger partial charge in [0, 0.05) is 44.7 Å². The van der Waals surface area contributed by atoms with Crippen molar-refractivity contribution in [1.82, 2.24) is 19.9 Å². The number of hydrogen-bond donors (Lipinski definition) is 2. The van der Waals surface area contributed by atoms with Gasteiger partial charge in [0.1, 0.15) is 17.5 Å². The van der Waals surface area contributed by atoms with Gasteiger partial charge in [0.05, 0.1) is 0 Å². The molecule has 0 unspecified atom stereocenters. The lowest BCUT2D eigenvalue weighted by Crippen LogP contribution is -2.47. The standard InChI is InChI=1S/C15H28N6/c1-5-6-16-13-11-14(18-15(17-13)12(2)3)19-21-9-7-20(4)8-10-21/h11-12H,5-10H2,1-4H3,(H2,16,17,18,19). The van der Waals surface area contributed by atoms with E-state index < -0.39 is 0 Å². The van der Waals surface area contributed by atoms with E-state index in [2.05, 4.69) is 58.4 Å². The average molecular weight is 292 g/mol. The smallest absolute Gasteiger partial charge is 0.146 e. The monoisotopic (exact) mass is 292 g/mol. The number of aromatic nitrogens is 2. The summed E-state index contributed by atoms with van der Waals surface area (Å²) in [5, 5.41) is 5.59. The van der Waals surface area contributed by atoms with Crippen molar-refractivity contribution in [2.45, 2.75) is 33.1 Å². The highest BCUT2D eigenvalue weighted by molar-refractivity contribution is 5.47. The van der Waals surface area contributed by atoms with E-state index in [0.29, 0.717) is 5.92 Å². The van der Waals surface area contributed by atoms with E-state index in [9.17, 15) is 0 Å². The van der Waals surface area contributed by atoms with Crippen molar-refractivity contribution >= 4 is 11.6 Å². The summed E-state index contributed by atoms with van der Waals surface area (Å²) in [7, 11) is 2.16. The molecule has 2 rings (SSSR count). The molecule has 0 aliphatic carbocycles. The van der Waals surface area contributed by atoms with Crippen molar-refractivity contribution in [3.8, 4) is 0 Å². The Morgan fingerprint density at radius 1 is 1.14 bits per heavy atom. The molecule has 21 heavy (non-hydrogen) atoms. The highest BCUT2D eigenvalue weighted by Crippen LogP contribution is 2.17. The highest BCUT2D eigenvalue weighted by atomic mass is 15.5. The Hall–Kier alpha value is -1.40. The first-order chi connectivity index (χ1) is 10.1. The van der Waals surface area contributed by atoms with E-state index in [-0.39, 0.29) is 0 Å². The summed E-state index contributed by atoms with van der Waals surface area (Å²) < 4.78 is 0. The van der Waals surface area contributed by atoms with Gasteiger partial charge in [0.15, 0.2) is 0 Å². The molecule has 118 valence electrons. The van der Waals surface area contributed by atoms with Crippen molar-refractivity contribution in [3.05, 3.63) is 11.9 Å². The first kappa shape index (κ1) is 16.0. The molecule has 1 fully saturated rings. The molecule has 0 amide bonds. The number of anilines is 2. The summed E-state index contributed by atoms with van der Waals surface area (Å²) in [4.78, 5) is 11.6. The lowest BCUT2D eigenvalue weighted by molar-refractivity contribution is 0.178. The van der Waals surface area contributed by atoms with Crippen LogP contribution in [0.5, 0.6) is 0 Å². The number of rotatable bonds is 6. The van der Waals surface area contributed by atoms with Crippen LogP contribution in [0.1, 0.15) is 38.9 Å². The van der Waals surface area contributed by atoms with E-state index in [1.807, 2.05) is 6.07 Å². The van der Waals surface area contributed by atoms with Gasteiger partial charge in [-0.15, -0.1) is 0 Å². The normalized spacial score (nSPS) is 17.2. The summed E-state index contributed by atoms with van der Waals surface area (Å²) in [6.45, 7) is 11.5. The minimum Gasteiger partial charge on any atom is -0.370 e. The zero-order valence-corrected chi connectivity index (χ0v) is 13.7. The van der Waals surface area contributed by atoms with Crippen molar-refractivity contribution in [2.24, 2.45) is 0 Å². The third-order valence-corrected chi connectivity index (χ3v) is 3.59. The summed E-state index contributed by atoms with van der Waals surface area (Å²) >= 11 is 0. The molecule has 0 spiro atoms. The van der Waals surface area contributed by atoms with Crippen LogP contribution in [0.2, 0.25) is 0 Å². The largest absolute Gasteiger partial charge is 0.370 e. The molecule has 2 N–H and O–H groups in total. The SMILES string of the molecule is CCCNc1cc(NN2CCN(C)CC2)nc(C(C)C)n1. The van der Waals surface area contributed by atoms with Gasteiger partial charge >= 0.3 is 0 Å². The second-order valence-electron chi connectivity index (χ2n) is 5.98. The van der Waals surface area contributed by atoms with E-state index >= 15 is 0 Å². The van der Waals surface area contributed by atoms with E-state index in [0.717, 1.165) is 56.6 Å². The van der Waals surface area contributed by atoms with Crippen molar-refractivity contribution in [2.75, 3.05) is 50.5 Å². The van der Waals surface area contributed by atoms with E-state index in [1.165, 1.54) is 0 Å². The topological polar surface area (TPSA) is 56.3 Å². The maximum absolute atomic E-state index is 4.64. The molecule has 0 saturated carbocycles. The molecular weight excluding hydrogens is 264 g/mol. The average Bonchev–Trinajstić information content (AvgIpc) is 2.47. The van der Waals surface area contributed by atoms with Crippen molar-refractivity contribution < 1.29 is 0 Å². The van der Waals surface area contributed by atoms with Gasteiger partial charge in [-0.2, -0.15) is 0 Å². The van der Waals surface area contributed by atoms with Crippen LogP contribution < -0.4 is 10.7 Å². The molecule has 1 aliphatic heterocycles. The lowest BCUT2D eigenvalue weighted by atomic mass is 10.2. The Labute approximate surface area is 127 Å². The number of hydrazine groups is 1. The summed E-state index contributed by atoms with van der Waals surface area (Å²) in [5.41, 5.74) is 3.43. The fraction of sp³-hybridized carbons (Fsp3) is 0.733. The van der Waals surface area contributed by atoms with Crippen LogP contribution in [0.25, 0.3) is 0 Å². The van der Waals surface area contributed by atoms with Gasteiger partial charge in [0.25, 0.3) is 0 Å². The molecule has 6 heteroatoms. The van der Waals surface area contributed by atoms with Crippen LogP contribution in [-0.2, 0) is 0 Å². The number of piperazine rings is 1. The van der Waals surface area contributed by atoms with Gasteiger partial charge in [0.2, 0.25) is 0 Å². The number of hydrogen-bond acceptors (Lipinski definition) is 6. The van der Waals surface area contributed by atoms with Gasteiger partial charge in [-0.3, -0.25) is 0 Å². The minimum atomic E-state index is 0.321. The third-order valence-electron chi connectivity index (χ3n) is 3.59. The first-order valence-electron chi connectivity index (χ1n) is 7.91. The number of likely N-dealkylation sites (N-methyl/N-ethyl adjacent to an activating group) is 1. The maximum Gasteiger partial charge on any atom is 0.146 e. The predicted octanol–water partition coefficient (Wildman–Crippen LogP) is 2.00. The quantitative estimate of drug-likeness (QED) is 0.836. The van der Waals surface area contributed by atoms with Crippen molar-refractivity contribution in [1.29, 1.82) is 0 Å². The van der Waals surface area contributed by atoms with Crippen LogP contribution >= 0.6 is 0 Å². The van der Waals surface area contributed by atoms with Gasteiger partial charge in [-0.05, 0) is 13.5 Å². The molecule has 2 heterocycles. The Balaban J connectivity index is 2.07. The Morgan fingerprint density at radius 3 is 2.43 bits per heavy atom. The minimum absolute atomic E-state index is 0.321. The van der Waals surface area contributed by atoms with Crippen molar-refractivity contribution in [3.63, 3.8) is 0 Å². The zero-order valence-electron chi connectivity index (χ0n) is 13.7. The molecule has 1 saturated heterocycles. The van der Waals surface area contributed by atoms with Gasteiger partial charge < -0.3 is 15.6 Å². The molecule has 1 aromatic rings. The van der Waals surface area contributed by atoms with Gasteiger partial charge in [-0.1, -0.05) is 20.8 Å². The first-order valence-corrected chi connectivity index (χ1v) is 7.91. The Kier molecular flexibility index (Phi) is 5.76. The predicted molar refractivity (Wildman–Crippen MR) is 87.6 cm³/mol. The molecule has 0 radical (unpaired) electrons. The van der Waals surface area contributed by atoms with Crippen LogP contribution in [0.3, 0.4) is 0 Å². The summed E-state index contributed by atoms with van der Waals surface area (Å²) in [6, 6.07) is 2.00. The maximum atomic E-state index is 4.64. The molecule has 0 atom stereocenters. The van der Waals surface area contributed by atoms with Crippen LogP contribution in [0.4, 0.5) is 11.6 Å². The molecule has 1 aliphatic rings. The molecule has 6 nitrogen and oxygen atoms in total. The summed E-state index contributed by atoms with van der Waals surface area (Å²) in [5.74, 6) is 3.00. The highest BCUT2D eigenvalue weighted by Gasteiger charge is 2.15. The lowest BCUT2D eigenvalue weighted by Gasteiger charge is -2.32. The van der Waals surface area contributed by atoms with Crippen LogP contribution in [0.15, 0.2) is 6.07 Å². The molecule has 1 aromatic heterocycles. The zero-order chi connectivity index (χ0) is 15.2. The van der Waals surface area contributed by atoms with E-state index in [4.69, 9.17) is 0 Å². The number of nitrogens with zero attached hydrogens (tertiary/aromatic N) is 4. The molecular formula is C15H28N6. The number of nitrogens with one attached hydrogen (secondary N) is 2. The fourth-order valence-corrected chi connectivity index (χ4v) is 2.21. The second kappa shape index (κ2) is 7.56. The van der Waals surface area contributed by atoms with Crippen LogP contribution in [-0.4, -0.2) is 59.6 Å². The van der Waals surface area contributed by atoms with E-state index in [1.54, 1.807) is 0 Å². The fourth-order valence-electron chi connectivity index (χ4n) is 2.21. The molecule has 0 aromatic carbocycles. The van der Waals surface area contributed by atoms with Gasteiger partial charge in [-0.25, -0.2) is 15.0 Å². The Bertz CT molecular complexity index is 440. The van der Waals surface area contributed by atoms with Crippen LogP contribution in [0, 0.1) is 0 Å². The second-order valence-corrected chi connectivity index (χ2v) is 5.98. The Morgan fingerprint density at radius 2 is 1.81 bits per heavy atom. The molecule has 0 bridgehead atoms. The summed E-state index contributed by atoms with van der Waals surface area (Å²) in [6.07, 6.45) is 1.09. The third kappa shape index (κ3) is 4.82.